The molecule has 3 rings (SSSR count). The standard InChI is InChI=1S/C16H15N3O2/c1-11(2)10-21-12-7-8-15(16(20)9-12)19-17-13-5-3-4-6-14(13)18-19/h3-9,20H,1,10H2,2H3. The molecule has 0 radical (unpaired) electrons. The van der Waals surface area contributed by atoms with Crippen LogP contribution < -0.4 is 4.74 Å². The van der Waals surface area contributed by atoms with Crippen LogP contribution in [0.1, 0.15) is 6.92 Å². The van der Waals surface area contributed by atoms with Crippen LogP contribution in [0.5, 0.6) is 11.5 Å². The number of ether oxygens (including phenoxy) is 1. The van der Waals surface area contributed by atoms with Gasteiger partial charge in [0.05, 0.1) is 0 Å². The lowest BCUT2D eigenvalue weighted by Crippen LogP contribution is -2.01. The summed E-state index contributed by atoms with van der Waals surface area (Å²) in [5.74, 6) is 0.644. The first kappa shape index (κ1) is 13.2. The molecule has 0 unspecified atom stereocenters. The van der Waals surface area contributed by atoms with Crippen LogP contribution in [0.25, 0.3) is 16.7 Å². The van der Waals surface area contributed by atoms with E-state index in [1.165, 1.54) is 4.80 Å². The molecule has 21 heavy (non-hydrogen) atoms. The maximum absolute atomic E-state index is 10.1. The van der Waals surface area contributed by atoms with E-state index in [-0.39, 0.29) is 5.75 Å². The molecule has 5 nitrogen and oxygen atoms in total. The van der Waals surface area contributed by atoms with Crippen LogP contribution in [0.15, 0.2) is 54.6 Å². The van der Waals surface area contributed by atoms with Gasteiger partial charge in [0.25, 0.3) is 0 Å². The van der Waals surface area contributed by atoms with Gasteiger partial charge in [-0.2, -0.15) is 0 Å². The van der Waals surface area contributed by atoms with Crippen LogP contribution in [0.3, 0.4) is 0 Å². The number of rotatable bonds is 4. The first-order valence-electron chi connectivity index (χ1n) is 6.56. The second-order valence-corrected chi connectivity index (χ2v) is 4.87. The van der Waals surface area contributed by atoms with Crippen molar-refractivity contribution in [1.82, 2.24) is 15.0 Å². The van der Waals surface area contributed by atoms with E-state index in [1.54, 1.807) is 18.2 Å². The lowest BCUT2D eigenvalue weighted by molar-refractivity contribution is 0.349. The fourth-order valence-corrected chi connectivity index (χ4v) is 1.94. The van der Waals surface area contributed by atoms with Gasteiger partial charge in [0.2, 0.25) is 0 Å². The molecule has 0 spiro atoms. The molecule has 0 saturated carbocycles. The molecule has 1 aromatic heterocycles. The van der Waals surface area contributed by atoms with Crippen molar-refractivity contribution in [3.8, 4) is 17.2 Å². The highest BCUT2D eigenvalue weighted by atomic mass is 16.5. The average molecular weight is 281 g/mol. The van der Waals surface area contributed by atoms with Gasteiger partial charge in [-0.25, -0.2) is 0 Å². The molecule has 0 fully saturated rings. The molecule has 5 heteroatoms. The summed E-state index contributed by atoms with van der Waals surface area (Å²) in [5, 5.41) is 18.8. The second-order valence-electron chi connectivity index (χ2n) is 4.87. The van der Waals surface area contributed by atoms with Crippen LogP contribution in [0.2, 0.25) is 0 Å². The minimum Gasteiger partial charge on any atom is -0.505 e. The van der Waals surface area contributed by atoms with E-state index in [1.807, 2.05) is 31.2 Å². The monoisotopic (exact) mass is 281 g/mol. The van der Waals surface area contributed by atoms with Crippen molar-refractivity contribution in [2.24, 2.45) is 0 Å². The summed E-state index contributed by atoms with van der Waals surface area (Å²) in [7, 11) is 0. The Morgan fingerprint density at radius 2 is 1.86 bits per heavy atom. The van der Waals surface area contributed by atoms with Crippen LogP contribution in [-0.2, 0) is 0 Å². The Morgan fingerprint density at radius 1 is 1.19 bits per heavy atom. The van der Waals surface area contributed by atoms with E-state index in [9.17, 15) is 5.11 Å². The van der Waals surface area contributed by atoms with E-state index >= 15 is 0 Å². The van der Waals surface area contributed by atoms with E-state index in [4.69, 9.17) is 4.74 Å². The molecule has 0 atom stereocenters. The molecule has 106 valence electrons. The third-order valence-electron chi connectivity index (χ3n) is 2.93. The summed E-state index contributed by atoms with van der Waals surface area (Å²) in [6, 6.07) is 12.6. The Hall–Kier alpha value is -2.82. The van der Waals surface area contributed by atoms with Crippen LogP contribution in [-0.4, -0.2) is 26.7 Å². The van der Waals surface area contributed by atoms with Gasteiger partial charge in [-0.15, -0.1) is 15.0 Å². The van der Waals surface area contributed by atoms with Gasteiger partial charge in [-0.05, 0) is 36.8 Å². The Balaban J connectivity index is 1.93. The summed E-state index contributed by atoms with van der Waals surface area (Å²) in [6.45, 7) is 6.07. The Kier molecular flexibility index (Phi) is 3.31. The lowest BCUT2D eigenvalue weighted by atomic mass is 10.3. The second kappa shape index (κ2) is 5.28. The first-order valence-corrected chi connectivity index (χ1v) is 6.56. The number of phenols is 1. The number of aromatic nitrogens is 3. The first-order chi connectivity index (χ1) is 10.1. The van der Waals surface area contributed by atoms with Crippen molar-refractivity contribution < 1.29 is 9.84 Å². The predicted molar refractivity (Wildman–Crippen MR) is 80.8 cm³/mol. The molecule has 3 aromatic rings. The molecule has 0 amide bonds. The molecule has 0 saturated heterocycles. The topological polar surface area (TPSA) is 60.2 Å². The molecule has 2 aromatic carbocycles. The van der Waals surface area contributed by atoms with E-state index < -0.39 is 0 Å². The maximum Gasteiger partial charge on any atom is 0.146 e. The molecular formula is C16H15N3O2. The summed E-state index contributed by atoms with van der Waals surface area (Å²) in [5.41, 5.74) is 2.98. The Morgan fingerprint density at radius 3 is 2.43 bits per heavy atom. The molecule has 0 aliphatic rings. The molecule has 0 aliphatic heterocycles. The predicted octanol–water partition coefficient (Wildman–Crippen LogP) is 3.08. The average Bonchev–Trinajstić information content (AvgIpc) is 2.88. The molecule has 1 N–H and O–H groups in total. The lowest BCUT2D eigenvalue weighted by Gasteiger charge is -2.08. The maximum atomic E-state index is 10.1. The molecule has 0 aliphatic carbocycles. The van der Waals surface area contributed by atoms with Crippen molar-refractivity contribution >= 4 is 11.0 Å². The van der Waals surface area contributed by atoms with Crippen molar-refractivity contribution in [3.63, 3.8) is 0 Å². The Labute approximate surface area is 122 Å². The summed E-state index contributed by atoms with van der Waals surface area (Å²) in [4.78, 5) is 1.42. The van der Waals surface area contributed by atoms with Gasteiger partial charge >= 0.3 is 0 Å². The number of fused-ring (bicyclic) bond motifs is 1. The van der Waals surface area contributed by atoms with Gasteiger partial charge < -0.3 is 9.84 Å². The number of aromatic hydroxyl groups is 1. The number of hydrogen-bond acceptors (Lipinski definition) is 4. The van der Waals surface area contributed by atoms with Gasteiger partial charge in [-0.3, -0.25) is 0 Å². The zero-order valence-electron chi connectivity index (χ0n) is 11.7. The molecule has 0 bridgehead atoms. The fourth-order valence-electron chi connectivity index (χ4n) is 1.94. The minimum absolute atomic E-state index is 0.0644. The Bertz CT molecular complexity index is 775. The van der Waals surface area contributed by atoms with E-state index in [0.717, 1.165) is 16.6 Å². The molecule has 1 heterocycles. The highest BCUT2D eigenvalue weighted by Crippen LogP contribution is 2.26. The summed E-state index contributed by atoms with van der Waals surface area (Å²) < 4.78 is 5.49. The largest absolute Gasteiger partial charge is 0.505 e. The highest BCUT2D eigenvalue weighted by molar-refractivity contribution is 5.73. The van der Waals surface area contributed by atoms with Crippen molar-refractivity contribution in [1.29, 1.82) is 0 Å². The van der Waals surface area contributed by atoms with Gasteiger partial charge in [0, 0.05) is 6.07 Å². The number of nitrogens with zero attached hydrogens (tertiary/aromatic N) is 3. The van der Waals surface area contributed by atoms with Crippen molar-refractivity contribution in [3.05, 3.63) is 54.6 Å². The smallest absolute Gasteiger partial charge is 0.146 e. The minimum atomic E-state index is 0.0644. The number of phenolic OH excluding ortho intramolecular Hbond substituents is 1. The normalized spacial score (nSPS) is 10.7. The van der Waals surface area contributed by atoms with Crippen LogP contribution >= 0.6 is 0 Å². The van der Waals surface area contributed by atoms with Crippen LogP contribution in [0.4, 0.5) is 0 Å². The van der Waals surface area contributed by atoms with Gasteiger partial charge in [0.15, 0.2) is 0 Å². The summed E-state index contributed by atoms with van der Waals surface area (Å²) >= 11 is 0. The van der Waals surface area contributed by atoms with Crippen LogP contribution in [0, 0.1) is 0 Å². The van der Waals surface area contributed by atoms with Gasteiger partial charge in [0.1, 0.15) is 34.8 Å². The zero-order valence-corrected chi connectivity index (χ0v) is 11.7. The zero-order chi connectivity index (χ0) is 14.8. The third kappa shape index (κ3) is 2.72. The quantitative estimate of drug-likeness (QED) is 0.747. The number of benzene rings is 2. The highest BCUT2D eigenvalue weighted by Gasteiger charge is 2.09. The third-order valence-corrected chi connectivity index (χ3v) is 2.93. The van der Waals surface area contributed by atoms with E-state index in [2.05, 4.69) is 16.8 Å². The number of hydrogen-bond donors (Lipinski definition) is 1. The van der Waals surface area contributed by atoms with Gasteiger partial charge in [-0.1, -0.05) is 18.7 Å². The summed E-state index contributed by atoms with van der Waals surface area (Å²) in [6.07, 6.45) is 0. The fraction of sp³-hybridized carbons (Fsp3) is 0.125. The van der Waals surface area contributed by atoms with Crippen molar-refractivity contribution in [2.75, 3.05) is 6.61 Å². The molecular weight excluding hydrogens is 266 g/mol. The SMILES string of the molecule is C=C(C)COc1ccc(-n2nc3ccccc3n2)c(O)c1. The van der Waals surface area contributed by atoms with E-state index in [0.29, 0.717) is 18.0 Å². The van der Waals surface area contributed by atoms with Crippen molar-refractivity contribution in [2.45, 2.75) is 6.92 Å².